The minimum Gasteiger partial charge on any atom is -0.478 e. The van der Waals surface area contributed by atoms with Crippen LogP contribution in [0.5, 0.6) is 0 Å². The molecular weight excluding hydrogens is 394 g/mol. The van der Waals surface area contributed by atoms with E-state index in [1.54, 1.807) is 18.0 Å². The van der Waals surface area contributed by atoms with E-state index in [2.05, 4.69) is 24.1 Å². The van der Waals surface area contributed by atoms with Crippen LogP contribution in [0.1, 0.15) is 74.7 Å². The standard InChI is InChI=1S/C24H43N3O4/c1-15(2)19(14-17(5)23(30)31)26(9)22(29)20(24(6,7)8)25-21(28)18-12-10-11-13-27(18)16(3)4/h14-16,18-20H,10-13H2,1-9H3,(H,25,28)(H,30,31)/b17-14+/t18?,19-,20?/m0/s1. The molecular formula is C24H43N3O4. The van der Waals surface area contributed by atoms with Gasteiger partial charge in [0.15, 0.2) is 0 Å². The third-order valence-electron chi connectivity index (χ3n) is 6.15. The first-order valence-corrected chi connectivity index (χ1v) is 11.4. The summed E-state index contributed by atoms with van der Waals surface area (Å²) >= 11 is 0. The fraction of sp³-hybridized carbons (Fsp3) is 0.792. The van der Waals surface area contributed by atoms with Gasteiger partial charge in [-0.15, -0.1) is 0 Å². The molecule has 0 radical (unpaired) electrons. The predicted molar refractivity (Wildman–Crippen MR) is 124 cm³/mol. The summed E-state index contributed by atoms with van der Waals surface area (Å²) in [5.74, 6) is -1.29. The Balaban J connectivity index is 3.15. The molecule has 0 aromatic carbocycles. The first-order valence-electron chi connectivity index (χ1n) is 11.4. The number of likely N-dealkylation sites (N-methyl/N-ethyl adjacent to an activating group) is 1. The maximum absolute atomic E-state index is 13.5. The lowest BCUT2D eigenvalue weighted by molar-refractivity contribution is -0.142. The van der Waals surface area contributed by atoms with Crippen LogP contribution in [0, 0.1) is 11.3 Å². The molecule has 31 heavy (non-hydrogen) atoms. The van der Waals surface area contributed by atoms with Crippen LogP contribution in [0.4, 0.5) is 0 Å². The van der Waals surface area contributed by atoms with Crippen molar-refractivity contribution in [3.63, 3.8) is 0 Å². The number of piperidine rings is 1. The van der Waals surface area contributed by atoms with Crippen molar-refractivity contribution in [1.82, 2.24) is 15.1 Å². The molecule has 1 heterocycles. The number of rotatable bonds is 8. The Morgan fingerprint density at radius 3 is 2.16 bits per heavy atom. The molecule has 0 aliphatic carbocycles. The van der Waals surface area contributed by atoms with E-state index in [9.17, 15) is 19.5 Å². The molecule has 0 saturated carbocycles. The van der Waals surface area contributed by atoms with E-state index >= 15 is 0 Å². The average molecular weight is 438 g/mol. The average Bonchev–Trinajstić information content (AvgIpc) is 2.67. The molecule has 7 nitrogen and oxygen atoms in total. The number of hydrogen-bond donors (Lipinski definition) is 2. The SMILES string of the molecule is C/C(=C\[C@@H](C(C)C)N(C)C(=O)C(NC(=O)C1CCCCN1C(C)C)C(C)(C)C)C(=O)O. The third-order valence-corrected chi connectivity index (χ3v) is 6.15. The van der Waals surface area contributed by atoms with Gasteiger partial charge < -0.3 is 15.3 Å². The van der Waals surface area contributed by atoms with Crippen molar-refractivity contribution in [2.24, 2.45) is 11.3 Å². The number of hydrogen-bond acceptors (Lipinski definition) is 4. The highest BCUT2D eigenvalue weighted by Crippen LogP contribution is 2.25. The molecule has 178 valence electrons. The van der Waals surface area contributed by atoms with Crippen molar-refractivity contribution in [2.45, 2.75) is 98.8 Å². The molecule has 1 saturated heterocycles. The normalized spacial score (nSPS) is 20.5. The van der Waals surface area contributed by atoms with Crippen molar-refractivity contribution in [1.29, 1.82) is 0 Å². The molecule has 2 unspecified atom stereocenters. The number of aliphatic carboxylic acids is 1. The number of nitrogens with zero attached hydrogens (tertiary/aromatic N) is 2. The summed E-state index contributed by atoms with van der Waals surface area (Å²) in [5.41, 5.74) is -0.296. The van der Waals surface area contributed by atoms with Crippen LogP contribution in [0.2, 0.25) is 0 Å². The van der Waals surface area contributed by atoms with E-state index in [0.29, 0.717) is 0 Å². The molecule has 0 bridgehead atoms. The Kier molecular flexibility index (Phi) is 9.73. The molecule has 0 aromatic heterocycles. The fourth-order valence-electron chi connectivity index (χ4n) is 4.17. The molecule has 2 amide bonds. The number of carboxylic acids is 1. The van der Waals surface area contributed by atoms with Crippen LogP contribution in [0.3, 0.4) is 0 Å². The molecule has 7 heteroatoms. The number of nitrogens with one attached hydrogen (secondary N) is 1. The molecule has 0 spiro atoms. The highest BCUT2D eigenvalue weighted by molar-refractivity contribution is 5.91. The molecule has 1 rings (SSSR count). The van der Waals surface area contributed by atoms with Crippen molar-refractivity contribution in [3.8, 4) is 0 Å². The predicted octanol–water partition coefficient (Wildman–Crippen LogP) is 3.29. The van der Waals surface area contributed by atoms with E-state index in [4.69, 9.17) is 0 Å². The van der Waals surface area contributed by atoms with Crippen molar-refractivity contribution >= 4 is 17.8 Å². The highest BCUT2D eigenvalue weighted by Gasteiger charge is 2.39. The van der Waals surface area contributed by atoms with Gasteiger partial charge in [0.2, 0.25) is 11.8 Å². The monoisotopic (exact) mass is 437 g/mol. The summed E-state index contributed by atoms with van der Waals surface area (Å²) in [4.78, 5) is 41.9. The Morgan fingerprint density at radius 2 is 1.71 bits per heavy atom. The van der Waals surface area contributed by atoms with E-state index < -0.39 is 17.4 Å². The number of likely N-dealkylation sites (tertiary alicyclic amines) is 1. The lowest BCUT2D eigenvalue weighted by atomic mass is 9.84. The number of carboxylic acid groups (broad SMARTS) is 1. The van der Waals surface area contributed by atoms with Crippen LogP contribution < -0.4 is 5.32 Å². The quantitative estimate of drug-likeness (QED) is 0.569. The second-order valence-corrected chi connectivity index (χ2v) is 10.5. The van der Waals surface area contributed by atoms with Crippen molar-refractivity contribution in [2.75, 3.05) is 13.6 Å². The van der Waals surface area contributed by atoms with Crippen LogP contribution in [-0.2, 0) is 14.4 Å². The molecule has 1 aliphatic heterocycles. The summed E-state index contributed by atoms with van der Waals surface area (Å²) < 4.78 is 0. The Bertz CT molecular complexity index is 679. The van der Waals surface area contributed by atoms with Crippen molar-refractivity contribution in [3.05, 3.63) is 11.6 Å². The minimum absolute atomic E-state index is 0.0225. The maximum atomic E-state index is 13.5. The first kappa shape index (κ1) is 27.1. The van der Waals surface area contributed by atoms with Crippen LogP contribution in [0.15, 0.2) is 11.6 Å². The van der Waals surface area contributed by atoms with Crippen LogP contribution >= 0.6 is 0 Å². The van der Waals surface area contributed by atoms with Gasteiger partial charge in [0.25, 0.3) is 0 Å². The smallest absolute Gasteiger partial charge is 0.331 e. The second kappa shape index (κ2) is 11.1. The molecule has 0 aromatic rings. The fourth-order valence-corrected chi connectivity index (χ4v) is 4.17. The zero-order valence-electron chi connectivity index (χ0n) is 20.9. The van der Waals surface area contributed by atoms with Gasteiger partial charge in [-0.1, -0.05) is 47.1 Å². The van der Waals surface area contributed by atoms with Crippen LogP contribution in [0.25, 0.3) is 0 Å². The van der Waals surface area contributed by atoms with Crippen LogP contribution in [-0.4, -0.2) is 70.4 Å². The minimum atomic E-state index is -1.00. The molecule has 1 fully saturated rings. The summed E-state index contributed by atoms with van der Waals surface area (Å²) in [5, 5.41) is 12.3. The zero-order chi connectivity index (χ0) is 24.1. The largest absolute Gasteiger partial charge is 0.478 e. The van der Waals surface area contributed by atoms with E-state index in [1.165, 1.54) is 6.92 Å². The lowest BCUT2D eigenvalue weighted by Gasteiger charge is -2.41. The summed E-state index contributed by atoms with van der Waals surface area (Å²) in [7, 11) is 1.69. The Hall–Kier alpha value is -1.89. The van der Waals surface area contributed by atoms with Gasteiger partial charge in [0, 0.05) is 18.7 Å². The molecule has 2 N–H and O–H groups in total. The van der Waals surface area contributed by atoms with Gasteiger partial charge >= 0.3 is 5.97 Å². The van der Waals surface area contributed by atoms with E-state index in [0.717, 1.165) is 25.8 Å². The Morgan fingerprint density at radius 1 is 1.13 bits per heavy atom. The third kappa shape index (κ3) is 7.34. The molecule has 3 atom stereocenters. The van der Waals surface area contributed by atoms with Crippen molar-refractivity contribution < 1.29 is 19.5 Å². The summed E-state index contributed by atoms with van der Waals surface area (Å²) in [6, 6.07) is -1.06. The summed E-state index contributed by atoms with van der Waals surface area (Å²) in [6.07, 6.45) is 4.50. The van der Waals surface area contributed by atoms with Gasteiger partial charge in [-0.3, -0.25) is 14.5 Å². The highest BCUT2D eigenvalue weighted by atomic mass is 16.4. The number of amides is 2. The second-order valence-electron chi connectivity index (χ2n) is 10.5. The first-order chi connectivity index (χ1) is 14.2. The van der Waals surface area contributed by atoms with E-state index in [-0.39, 0.29) is 41.4 Å². The number of carbonyl (C=O) groups is 3. The zero-order valence-corrected chi connectivity index (χ0v) is 20.9. The van der Waals surface area contributed by atoms with Gasteiger partial charge in [0.05, 0.1) is 12.1 Å². The molecule has 1 aliphatic rings. The maximum Gasteiger partial charge on any atom is 0.331 e. The van der Waals surface area contributed by atoms with Gasteiger partial charge in [-0.2, -0.15) is 0 Å². The lowest BCUT2D eigenvalue weighted by Crippen LogP contribution is -2.60. The topological polar surface area (TPSA) is 90.0 Å². The summed E-state index contributed by atoms with van der Waals surface area (Å²) in [6.45, 7) is 16.3. The number of carbonyl (C=O) groups excluding carboxylic acids is 2. The van der Waals surface area contributed by atoms with Gasteiger partial charge in [0.1, 0.15) is 6.04 Å². The Labute approximate surface area is 188 Å². The van der Waals surface area contributed by atoms with Gasteiger partial charge in [-0.25, -0.2) is 4.79 Å². The van der Waals surface area contributed by atoms with Gasteiger partial charge in [-0.05, 0) is 51.5 Å². The van der Waals surface area contributed by atoms with E-state index in [1.807, 2.05) is 34.6 Å².